The summed E-state index contributed by atoms with van der Waals surface area (Å²) in [5.41, 5.74) is 0.763. The van der Waals surface area contributed by atoms with Gasteiger partial charge in [0, 0.05) is 24.4 Å². The molecule has 1 aromatic carbocycles. The molecule has 3 amide bonds. The molecule has 0 aliphatic heterocycles. The molecule has 0 spiro atoms. The van der Waals surface area contributed by atoms with E-state index in [2.05, 4.69) is 20.9 Å². The number of carbonyl (C=O) groups is 4. The minimum atomic E-state index is -0.905. The molecule has 1 heterocycles. The second-order valence-corrected chi connectivity index (χ2v) is 8.67. The van der Waals surface area contributed by atoms with Crippen molar-refractivity contribution in [2.45, 2.75) is 52.2 Å². The third-order valence-electron chi connectivity index (χ3n) is 4.97. The first kappa shape index (κ1) is 24.7. The smallest absolute Gasteiger partial charge is 0.252 e. The van der Waals surface area contributed by atoms with E-state index in [0.717, 1.165) is 5.56 Å². The van der Waals surface area contributed by atoms with Crippen molar-refractivity contribution in [1.29, 1.82) is 0 Å². The zero-order valence-corrected chi connectivity index (χ0v) is 18.8. The van der Waals surface area contributed by atoms with Gasteiger partial charge in [0.1, 0.15) is 18.4 Å². The molecule has 170 valence electrons. The Bertz CT molecular complexity index is 926. The molecule has 1 aromatic heterocycles. The number of nitrogens with zero attached hydrogens (tertiary/aromatic N) is 1. The van der Waals surface area contributed by atoms with Crippen LogP contribution in [0.3, 0.4) is 0 Å². The molecule has 3 N–H and O–H groups in total. The first-order valence-electron chi connectivity index (χ1n) is 10.4. The second-order valence-electron chi connectivity index (χ2n) is 8.67. The van der Waals surface area contributed by atoms with E-state index >= 15 is 0 Å². The van der Waals surface area contributed by atoms with E-state index < -0.39 is 41.3 Å². The molecule has 0 fully saturated rings. The largest absolute Gasteiger partial charge is 0.344 e. The summed E-state index contributed by atoms with van der Waals surface area (Å²) in [5, 5.41) is 8.03. The Morgan fingerprint density at radius 1 is 0.938 bits per heavy atom. The summed E-state index contributed by atoms with van der Waals surface area (Å²) in [6.07, 6.45) is 3.91. The molecule has 32 heavy (non-hydrogen) atoms. The Kier molecular flexibility index (Phi) is 8.63. The van der Waals surface area contributed by atoms with Gasteiger partial charge in [0.2, 0.25) is 11.8 Å². The summed E-state index contributed by atoms with van der Waals surface area (Å²) in [6, 6.07) is 9.86. The van der Waals surface area contributed by atoms with Crippen LogP contribution < -0.4 is 16.0 Å². The molecule has 8 nitrogen and oxygen atoms in total. The maximum atomic E-state index is 13.0. The number of benzene rings is 1. The number of carbonyl (C=O) groups excluding carboxylic acids is 4. The van der Waals surface area contributed by atoms with Gasteiger partial charge in [-0.25, -0.2) is 0 Å². The van der Waals surface area contributed by atoms with E-state index in [1.54, 1.807) is 12.1 Å². The van der Waals surface area contributed by atoms with Crippen molar-refractivity contribution in [3.63, 3.8) is 0 Å². The topological polar surface area (TPSA) is 117 Å². The molecule has 2 rings (SSSR count). The lowest BCUT2D eigenvalue weighted by molar-refractivity contribution is -0.131. The molecule has 0 saturated carbocycles. The van der Waals surface area contributed by atoms with Gasteiger partial charge >= 0.3 is 0 Å². The zero-order chi connectivity index (χ0) is 23.7. The molecular weight excluding hydrogens is 408 g/mol. The average molecular weight is 439 g/mol. The summed E-state index contributed by atoms with van der Waals surface area (Å²) in [5.74, 6) is -1.41. The number of hydrogen-bond donors (Lipinski definition) is 3. The fourth-order valence-electron chi connectivity index (χ4n) is 2.92. The van der Waals surface area contributed by atoms with Crippen molar-refractivity contribution in [3.8, 4) is 0 Å². The van der Waals surface area contributed by atoms with Crippen molar-refractivity contribution in [2.24, 2.45) is 5.41 Å². The van der Waals surface area contributed by atoms with Gasteiger partial charge in [-0.15, -0.1) is 0 Å². The number of aldehydes is 1. The summed E-state index contributed by atoms with van der Waals surface area (Å²) in [4.78, 5) is 53.4. The highest BCUT2D eigenvalue weighted by Gasteiger charge is 2.29. The van der Waals surface area contributed by atoms with Crippen molar-refractivity contribution >= 4 is 24.0 Å². The monoisotopic (exact) mass is 438 g/mol. The maximum absolute atomic E-state index is 13.0. The highest BCUT2D eigenvalue weighted by molar-refractivity contribution is 5.98. The Hall–Kier alpha value is -3.55. The van der Waals surface area contributed by atoms with Gasteiger partial charge in [0.15, 0.2) is 0 Å². The Balaban J connectivity index is 2.11. The molecule has 0 saturated heterocycles. The molecule has 0 aliphatic rings. The first-order chi connectivity index (χ1) is 15.1. The molecule has 3 atom stereocenters. The van der Waals surface area contributed by atoms with E-state index in [1.165, 1.54) is 19.3 Å². The lowest BCUT2D eigenvalue weighted by atomic mass is 9.87. The van der Waals surface area contributed by atoms with E-state index in [4.69, 9.17) is 0 Å². The second kappa shape index (κ2) is 11.2. The van der Waals surface area contributed by atoms with Crippen LogP contribution >= 0.6 is 0 Å². The fraction of sp³-hybridized carbons (Fsp3) is 0.375. The van der Waals surface area contributed by atoms with Gasteiger partial charge in [-0.2, -0.15) is 0 Å². The highest BCUT2D eigenvalue weighted by atomic mass is 16.2. The normalized spacial score (nSPS) is 13.9. The van der Waals surface area contributed by atoms with Crippen LogP contribution in [-0.2, 0) is 20.8 Å². The SMILES string of the molecule is C[C@H](NC(=O)[C@@H](Cc1ccccc1)NC(=O)c1ccncc1)C(=O)N[C@H](C=O)C(C)(C)C. The minimum Gasteiger partial charge on any atom is -0.344 e. The lowest BCUT2D eigenvalue weighted by Crippen LogP contribution is -2.56. The van der Waals surface area contributed by atoms with E-state index in [9.17, 15) is 19.2 Å². The summed E-state index contributed by atoms with van der Waals surface area (Å²) in [7, 11) is 0. The lowest BCUT2D eigenvalue weighted by Gasteiger charge is -2.28. The standard InChI is InChI=1S/C24H30N4O4/c1-16(21(30)28-20(15-29)24(2,3)4)26-23(32)19(14-17-8-6-5-7-9-17)27-22(31)18-10-12-25-13-11-18/h5-13,15-16,19-20H,14H2,1-4H3,(H,26,32)(H,27,31)(H,28,30)/t16-,19+,20+/m0/s1. The van der Waals surface area contributed by atoms with Crippen LogP contribution in [0.2, 0.25) is 0 Å². The molecule has 0 bridgehead atoms. The number of rotatable bonds is 9. The minimum absolute atomic E-state index is 0.247. The predicted molar refractivity (Wildman–Crippen MR) is 121 cm³/mol. The van der Waals surface area contributed by atoms with Crippen LogP contribution in [0.15, 0.2) is 54.9 Å². The zero-order valence-electron chi connectivity index (χ0n) is 18.8. The van der Waals surface area contributed by atoms with Gasteiger partial charge < -0.3 is 20.7 Å². The van der Waals surface area contributed by atoms with Gasteiger partial charge in [-0.05, 0) is 30.0 Å². The van der Waals surface area contributed by atoms with Crippen molar-refractivity contribution in [2.75, 3.05) is 0 Å². The van der Waals surface area contributed by atoms with Crippen LogP contribution in [0, 0.1) is 5.41 Å². The molecule has 0 radical (unpaired) electrons. The van der Waals surface area contributed by atoms with Crippen molar-refractivity contribution in [1.82, 2.24) is 20.9 Å². The van der Waals surface area contributed by atoms with Crippen LogP contribution in [0.25, 0.3) is 0 Å². The number of nitrogens with one attached hydrogen (secondary N) is 3. The van der Waals surface area contributed by atoms with Crippen molar-refractivity contribution in [3.05, 3.63) is 66.0 Å². The number of amides is 3. The van der Waals surface area contributed by atoms with Gasteiger partial charge in [0.05, 0.1) is 6.04 Å². The summed E-state index contributed by atoms with van der Waals surface area (Å²) < 4.78 is 0. The number of aromatic nitrogens is 1. The molecule has 2 aromatic rings. The third kappa shape index (κ3) is 7.30. The Morgan fingerprint density at radius 3 is 2.12 bits per heavy atom. The Labute approximate surface area is 188 Å². The van der Waals surface area contributed by atoms with Gasteiger partial charge in [-0.1, -0.05) is 51.1 Å². The molecular formula is C24H30N4O4. The molecule has 0 unspecified atom stereocenters. The van der Waals surface area contributed by atoms with Gasteiger partial charge in [0.25, 0.3) is 5.91 Å². The summed E-state index contributed by atoms with van der Waals surface area (Å²) in [6.45, 7) is 7.03. The summed E-state index contributed by atoms with van der Waals surface area (Å²) >= 11 is 0. The van der Waals surface area contributed by atoms with Crippen molar-refractivity contribution < 1.29 is 19.2 Å². The average Bonchev–Trinajstić information content (AvgIpc) is 2.77. The number of pyridine rings is 1. The predicted octanol–water partition coefficient (Wildman–Crippen LogP) is 1.66. The van der Waals surface area contributed by atoms with E-state index in [0.29, 0.717) is 11.8 Å². The third-order valence-corrected chi connectivity index (χ3v) is 4.97. The van der Waals surface area contributed by atoms with Crippen LogP contribution in [0.1, 0.15) is 43.6 Å². The van der Waals surface area contributed by atoms with Crippen LogP contribution in [-0.4, -0.2) is 47.1 Å². The van der Waals surface area contributed by atoms with Gasteiger partial charge in [-0.3, -0.25) is 19.4 Å². The Morgan fingerprint density at radius 2 is 1.56 bits per heavy atom. The maximum Gasteiger partial charge on any atom is 0.252 e. The fourth-order valence-corrected chi connectivity index (χ4v) is 2.92. The number of hydrogen-bond acceptors (Lipinski definition) is 5. The van der Waals surface area contributed by atoms with Crippen LogP contribution in [0.5, 0.6) is 0 Å². The highest BCUT2D eigenvalue weighted by Crippen LogP contribution is 2.17. The van der Waals surface area contributed by atoms with Crippen LogP contribution in [0.4, 0.5) is 0 Å². The quantitative estimate of drug-likeness (QED) is 0.515. The van der Waals surface area contributed by atoms with E-state index in [-0.39, 0.29) is 6.42 Å². The molecule has 8 heteroatoms. The van der Waals surface area contributed by atoms with E-state index in [1.807, 2.05) is 51.1 Å². The first-order valence-corrected chi connectivity index (χ1v) is 10.4. The molecule has 0 aliphatic carbocycles.